The van der Waals surface area contributed by atoms with E-state index in [0.29, 0.717) is 35.9 Å². The first-order valence-corrected chi connectivity index (χ1v) is 13.6. The summed E-state index contributed by atoms with van der Waals surface area (Å²) in [5, 5.41) is 0.540. The van der Waals surface area contributed by atoms with E-state index in [-0.39, 0.29) is 10.8 Å². The van der Waals surface area contributed by atoms with Crippen LogP contribution in [0.4, 0.5) is 5.13 Å². The highest BCUT2D eigenvalue weighted by Crippen LogP contribution is 2.33. The van der Waals surface area contributed by atoms with E-state index < -0.39 is 9.84 Å². The quantitative estimate of drug-likeness (QED) is 0.433. The van der Waals surface area contributed by atoms with Crippen LogP contribution in [0, 0.1) is 6.92 Å². The molecule has 0 N–H and O–H groups in total. The summed E-state index contributed by atoms with van der Waals surface area (Å²) in [6, 6.07) is 13.4. The number of likely N-dealkylation sites (N-methyl/N-ethyl adjacent to an activating group) is 1. The lowest BCUT2D eigenvalue weighted by molar-refractivity contribution is -0.118. The Hall–Kier alpha value is -1.94. The number of thioether (sulfide) groups is 1. The number of anilines is 1. The molecule has 0 unspecified atom stereocenters. The van der Waals surface area contributed by atoms with Gasteiger partial charge in [0.2, 0.25) is 5.91 Å². The van der Waals surface area contributed by atoms with Crippen LogP contribution in [0.2, 0.25) is 0 Å². The fourth-order valence-electron chi connectivity index (χ4n) is 2.98. The van der Waals surface area contributed by atoms with E-state index in [1.54, 1.807) is 28.8 Å². The van der Waals surface area contributed by atoms with Crippen LogP contribution in [-0.2, 0) is 14.6 Å². The Morgan fingerprint density at radius 1 is 1.10 bits per heavy atom. The van der Waals surface area contributed by atoms with Crippen molar-refractivity contribution in [3.8, 4) is 0 Å². The van der Waals surface area contributed by atoms with E-state index in [2.05, 4.69) is 29.2 Å². The van der Waals surface area contributed by atoms with Gasteiger partial charge in [-0.2, -0.15) is 0 Å². The molecule has 0 saturated carbocycles. The van der Waals surface area contributed by atoms with Crippen LogP contribution in [0.3, 0.4) is 0 Å². The van der Waals surface area contributed by atoms with E-state index in [9.17, 15) is 13.2 Å². The summed E-state index contributed by atoms with van der Waals surface area (Å²) >= 11 is 3.00. The molecule has 0 atom stereocenters. The number of para-hydroxylation sites is 1. The van der Waals surface area contributed by atoms with E-state index in [4.69, 9.17) is 0 Å². The molecule has 0 aliphatic carbocycles. The molecular weight excluding hydrogens is 450 g/mol. The van der Waals surface area contributed by atoms with Gasteiger partial charge in [0.25, 0.3) is 0 Å². The van der Waals surface area contributed by atoms with E-state index in [1.165, 1.54) is 23.2 Å². The van der Waals surface area contributed by atoms with Gasteiger partial charge >= 0.3 is 0 Å². The second-order valence-corrected chi connectivity index (χ2v) is 11.8. The third-order valence-electron chi connectivity index (χ3n) is 4.68. The smallest absolute Gasteiger partial charge is 0.229 e. The molecule has 31 heavy (non-hydrogen) atoms. The molecule has 0 aliphatic heterocycles. The third kappa shape index (κ3) is 6.29. The van der Waals surface area contributed by atoms with Crippen LogP contribution in [-0.4, -0.2) is 63.4 Å². The second kappa shape index (κ2) is 10.1. The van der Waals surface area contributed by atoms with Gasteiger partial charge in [-0.25, -0.2) is 13.4 Å². The van der Waals surface area contributed by atoms with Crippen molar-refractivity contribution in [2.45, 2.75) is 23.1 Å². The first-order chi connectivity index (χ1) is 14.6. The molecular formula is C22H27N3O3S3. The van der Waals surface area contributed by atoms with Crippen LogP contribution in [0.1, 0.15) is 12.0 Å². The molecule has 0 bridgehead atoms. The number of aromatic nitrogens is 1. The highest BCUT2D eigenvalue weighted by atomic mass is 32.2. The predicted octanol–water partition coefficient (Wildman–Crippen LogP) is 4.09. The number of fused-ring (bicyclic) bond motifs is 1. The molecule has 2 aromatic carbocycles. The Labute approximate surface area is 192 Å². The number of carbonyl (C=O) groups excluding carboxylic acids is 1. The van der Waals surface area contributed by atoms with Gasteiger partial charge in [-0.1, -0.05) is 35.1 Å². The molecule has 0 radical (unpaired) electrons. The molecule has 0 aliphatic rings. The van der Waals surface area contributed by atoms with Crippen LogP contribution < -0.4 is 4.90 Å². The highest BCUT2D eigenvalue weighted by Gasteiger charge is 2.22. The third-order valence-corrected chi connectivity index (χ3v) is 7.86. The summed E-state index contributed by atoms with van der Waals surface area (Å²) in [7, 11) is 0.502. The molecule has 1 amide bonds. The minimum atomic E-state index is -3.41. The lowest BCUT2D eigenvalue weighted by Crippen LogP contribution is -2.36. The Bertz CT molecular complexity index is 1160. The number of rotatable bonds is 9. The first-order valence-electron chi connectivity index (χ1n) is 9.89. The zero-order valence-corrected chi connectivity index (χ0v) is 20.6. The van der Waals surface area contributed by atoms with Crippen molar-refractivity contribution in [1.82, 2.24) is 9.88 Å². The molecule has 0 saturated heterocycles. The zero-order valence-electron chi connectivity index (χ0n) is 18.2. The molecule has 6 nitrogen and oxygen atoms in total. The fourth-order valence-corrected chi connectivity index (χ4v) is 5.75. The monoisotopic (exact) mass is 477 g/mol. The normalized spacial score (nSPS) is 11.9. The van der Waals surface area contributed by atoms with Crippen LogP contribution >= 0.6 is 23.1 Å². The zero-order chi connectivity index (χ0) is 22.6. The molecule has 0 spiro atoms. The van der Waals surface area contributed by atoms with E-state index in [1.807, 2.05) is 32.0 Å². The summed E-state index contributed by atoms with van der Waals surface area (Å²) in [4.78, 5) is 22.7. The summed E-state index contributed by atoms with van der Waals surface area (Å²) in [5.74, 6) is 0.654. The SMILES string of the molecule is Cc1ccc(SCCC(=O)N(CCN(C)C)c2nc3c(S(C)(=O)=O)cccc3s2)cc1. The number of aryl methyl sites for hydroxylation is 1. The second-order valence-electron chi connectivity index (χ2n) is 7.63. The molecule has 1 heterocycles. The van der Waals surface area contributed by atoms with Gasteiger partial charge in [0, 0.05) is 36.4 Å². The Morgan fingerprint density at radius 2 is 1.81 bits per heavy atom. The molecule has 3 aromatic rings. The van der Waals surface area contributed by atoms with Crippen molar-refractivity contribution in [2.75, 3.05) is 44.1 Å². The van der Waals surface area contributed by atoms with Crippen molar-refractivity contribution < 1.29 is 13.2 Å². The molecule has 3 rings (SSSR count). The van der Waals surface area contributed by atoms with Gasteiger partial charge in [-0.05, 0) is 45.3 Å². The average Bonchev–Trinajstić information content (AvgIpc) is 3.12. The number of hydrogen-bond donors (Lipinski definition) is 0. The largest absolute Gasteiger partial charge is 0.308 e. The number of amides is 1. The van der Waals surface area contributed by atoms with Crippen molar-refractivity contribution in [2.24, 2.45) is 0 Å². The van der Waals surface area contributed by atoms with Crippen LogP contribution in [0.25, 0.3) is 10.2 Å². The first kappa shape index (κ1) is 23.7. The van der Waals surface area contributed by atoms with Crippen molar-refractivity contribution in [3.05, 3.63) is 48.0 Å². The van der Waals surface area contributed by atoms with E-state index in [0.717, 1.165) is 9.60 Å². The highest BCUT2D eigenvalue weighted by molar-refractivity contribution is 7.99. The van der Waals surface area contributed by atoms with Gasteiger partial charge in [-0.3, -0.25) is 9.69 Å². The van der Waals surface area contributed by atoms with Gasteiger partial charge in [0.15, 0.2) is 15.0 Å². The average molecular weight is 478 g/mol. The number of hydrogen-bond acceptors (Lipinski definition) is 7. The summed E-state index contributed by atoms with van der Waals surface area (Å²) in [6.45, 7) is 3.23. The Balaban J connectivity index is 1.81. The molecule has 1 aromatic heterocycles. The maximum atomic E-state index is 13.1. The summed E-state index contributed by atoms with van der Waals surface area (Å²) in [6.07, 6.45) is 1.55. The number of carbonyl (C=O) groups is 1. The van der Waals surface area contributed by atoms with Gasteiger partial charge in [0.1, 0.15) is 5.52 Å². The van der Waals surface area contributed by atoms with Crippen LogP contribution in [0.15, 0.2) is 52.3 Å². The lowest BCUT2D eigenvalue weighted by atomic mass is 10.2. The van der Waals surface area contributed by atoms with Crippen molar-refractivity contribution >= 4 is 54.2 Å². The molecule has 0 fully saturated rings. The van der Waals surface area contributed by atoms with Crippen molar-refractivity contribution in [1.29, 1.82) is 0 Å². The maximum absolute atomic E-state index is 13.1. The number of sulfone groups is 1. The minimum absolute atomic E-state index is 0.0126. The minimum Gasteiger partial charge on any atom is -0.308 e. The van der Waals surface area contributed by atoms with E-state index >= 15 is 0 Å². The fraction of sp³-hybridized carbons (Fsp3) is 0.364. The van der Waals surface area contributed by atoms with Crippen LogP contribution in [0.5, 0.6) is 0 Å². The van der Waals surface area contributed by atoms with Gasteiger partial charge in [-0.15, -0.1) is 11.8 Å². The Morgan fingerprint density at radius 3 is 2.45 bits per heavy atom. The number of benzene rings is 2. The van der Waals surface area contributed by atoms with Gasteiger partial charge in [0.05, 0.1) is 9.60 Å². The standard InChI is InChI=1S/C22H27N3O3S3/c1-16-8-10-17(11-9-16)29-15-12-20(26)25(14-13-24(2)3)22-23-21-18(30-22)6-5-7-19(21)31(4,27)28/h5-11H,12-15H2,1-4H3. The van der Waals surface area contributed by atoms with Crippen molar-refractivity contribution in [3.63, 3.8) is 0 Å². The number of thiazole rings is 1. The molecule has 166 valence electrons. The number of nitrogens with zero attached hydrogens (tertiary/aromatic N) is 3. The lowest BCUT2D eigenvalue weighted by Gasteiger charge is -2.22. The summed E-state index contributed by atoms with van der Waals surface area (Å²) in [5.41, 5.74) is 1.64. The topological polar surface area (TPSA) is 70.6 Å². The Kier molecular flexibility index (Phi) is 7.74. The summed E-state index contributed by atoms with van der Waals surface area (Å²) < 4.78 is 25.1. The maximum Gasteiger partial charge on any atom is 0.229 e. The molecule has 9 heteroatoms. The predicted molar refractivity (Wildman–Crippen MR) is 130 cm³/mol. The van der Waals surface area contributed by atoms with Gasteiger partial charge < -0.3 is 4.90 Å².